The van der Waals surface area contributed by atoms with E-state index < -0.39 is 22.2 Å². The van der Waals surface area contributed by atoms with Crippen molar-refractivity contribution in [2.75, 3.05) is 6.61 Å². The van der Waals surface area contributed by atoms with Crippen molar-refractivity contribution >= 4 is 5.84 Å². The van der Waals surface area contributed by atoms with Crippen molar-refractivity contribution in [3.05, 3.63) is 35.4 Å². The van der Waals surface area contributed by atoms with Gasteiger partial charge in [0, 0.05) is 0 Å². The topological polar surface area (TPSA) is 106 Å². The van der Waals surface area contributed by atoms with E-state index in [-0.39, 0.29) is 11.9 Å². The normalized spacial score (nSPS) is 45.4. The molecular weight excluding hydrogens is 304 g/mol. The molecule has 2 fully saturated rings. The van der Waals surface area contributed by atoms with Crippen molar-refractivity contribution < 1.29 is 14.5 Å². The molecule has 5 atom stereocenters. The lowest BCUT2D eigenvalue weighted by atomic mass is 9.84. The van der Waals surface area contributed by atoms with Gasteiger partial charge in [0.25, 0.3) is 5.84 Å². The Labute approximate surface area is 140 Å². The second-order valence-electron chi connectivity index (χ2n) is 7.11. The van der Waals surface area contributed by atoms with E-state index in [1.54, 1.807) is 0 Å². The maximum absolute atomic E-state index is 10.2. The van der Waals surface area contributed by atoms with Crippen molar-refractivity contribution in [1.82, 2.24) is 0 Å². The van der Waals surface area contributed by atoms with E-state index in [0.29, 0.717) is 6.61 Å². The quantitative estimate of drug-likeness (QED) is 0.746. The van der Waals surface area contributed by atoms with E-state index in [4.69, 9.17) is 15.2 Å². The molecule has 0 bridgehead atoms. The number of aryl methyl sites for hydroxylation is 1. The van der Waals surface area contributed by atoms with Gasteiger partial charge >= 0.3 is 5.91 Å². The largest absolute Gasteiger partial charge is 0.344 e. The summed E-state index contributed by atoms with van der Waals surface area (Å²) in [5.74, 6) is -1.15. The third-order valence-corrected chi connectivity index (χ3v) is 6.05. The highest BCUT2D eigenvalue weighted by Gasteiger charge is 3.03. The number of nitrogens with one attached hydrogen (secondary N) is 1. The third kappa shape index (κ3) is 1.18. The van der Waals surface area contributed by atoms with Crippen LogP contribution in [-0.2, 0) is 14.9 Å². The Morgan fingerprint density at radius 2 is 1.92 bits per heavy atom. The Hall–Kier alpha value is -2.41. The first-order valence-electron chi connectivity index (χ1n) is 7.98. The highest BCUT2D eigenvalue weighted by molar-refractivity contribution is 5.97. The Kier molecular flexibility index (Phi) is 2.62. The van der Waals surface area contributed by atoms with Crippen molar-refractivity contribution in [3.63, 3.8) is 0 Å². The van der Waals surface area contributed by atoms with Crippen molar-refractivity contribution in [1.29, 1.82) is 10.5 Å². The van der Waals surface area contributed by atoms with Gasteiger partial charge in [0.15, 0.2) is 10.8 Å². The fourth-order valence-corrected chi connectivity index (χ4v) is 4.82. The van der Waals surface area contributed by atoms with Gasteiger partial charge in [-0.15, -0.1) is 0 Å². The number of ether oxygens (including phenoxy) is 2. The van der Waals surface area contributed by atoms with Crippen LogP contribution in [0.1, 0.15) is 25.0 Å². The van der Waals surface area contributed by atoms with Crippen LogP contribution in [0.15, 0.2) is 24.3 Å². The minimum atomic E-state index is -1.39. The van der Waals surface area contributed by atoms with Gasteiger partial charge in [-0.3, -0.25) is 5.73 Å². The molecule has 1 aromatic rings. The number of amidine groups is 1. The molecule has 0 amide bonds. The Balaban J connectivity index is 1.98. The SMILES string of the molecule is Cc1ccc([C@@]2(C)[C@]3(C#N)C(N)=[NH+][C@@]4(OC[C@H](C)O4)[C@@]32C#N)cc1. The van der Waals surface area contributed by atoms with Gasteiger partial charge in [-0.2, -0.15) is 10.5 Å². The summed E-state index contributed by atoms with van der Waals surface area (Å²) in [6.45, 7) is 6.11. The second kappa shape index (κ2) is 4.16. The maximum Gasteiger partial charge on any atom is 0.344 e. The average Bonchev–Trinajstić information content (AvgIpc) is 2.75. The molecule has 1 saturated carbocycles. The molecule has 1 aliphatic carbocycles. The lowest BCUT2D eigenvalue weighted by Gasteiger charge is -2.27. The first kappa shape index (κ1) is 15.1. The van der Waals surface area contributed by atoms with Crippen LogP contribution in [0.5, 0.6) is 0 Å². The van der Waals surface area contributed by atoms with Gasteiger partial charge in [-0.1, -0.05) is 36.8 Å². The van der Waals surface area contributed by atoms with E-state index in [1.165, 1.54) is 0 Å². The van der Waals surface area contributed by atoms with E-state index in [0.717, 1.165) is 11.1 Å². The number of fused-ring (bicyclic) bond motifs is 2. The number of nitriles is 2. The predicted octanol–water partition coefficient (Wildman–Crippen LogP) is -0.173. The Morgan fingerprint density at radius 1 is 1.25 bits per heavy atom. The number of hydrogen-bond acceptors (Lipinski definition) is 5. The number of nitrogens with zero attached hydrogens (tertiary/aromatic N) is 2. The average molecular weight is 323 g/mol. The maximum atomic E-state index is 10.2. The van der Waals surface area contributed by atoms with E-state index in [9.17, 15) is 10.5 Å². The number of rotatable bonds is 1. The molecule has 1 aromatic carbocycles. The van der Waals surface area contributed by atoms with Gasteiger partial charge in [-0.05, 0) is 19.4 Å². The minimum Gasteiger partial charge on any atom is -0.311 e. The van der Waals surface area contributed by atoms with Crippen LogP contribution in [0, 0.1) is 40.4 Å². The van der Waals surface area contributed by atoms with Crippen molar-refractivity contribution in [3.8, 4) is 12.1 Å². The first-order chi connectivity index (χ1) is 11.3. The molecule has 1 spiro atoms. The molecule has 122 valence electrons. The molecule has 2 aliphatic heterocycles. The van der Waals surface area contributed by atoms with Gasteiger partial charge in [0.05, 0.1) is 30.3 Å². The summed E-state index contributed by atoms with van der Waals surface area (Å²) in [5, 5.41) is 20.2. The van der Waals surface area contributed by atoms with Gasteiger partial charge in [-0.25, -0.2) is 4.99 Å². The smallest absolute Gasteiger partial charge is 0.311 e. The molecule has 3 aliphatic rings. The molecule has 0 aromatic heterocycles. The van der Waals surface area contributed by atoms with Gasteiger partial charge in [0.2, 0.25) is 0 Å². The highest BCUT2D eigenvalue weighted by atomic mass is 16.8. The van der Waals surface area contributed by atoms with Gasteiger partial charge < -0.3 is 9.47 Å². The summed E-state index contributed by atoms with van der Waals surface area (Å²) in [6.07, 6.45) is -0.187. The number of benzene rings is 1. The summed E-state index contributed by atoms with van der Waals surface area (Å²) < 4.78 is 11.9. The molecule has 2 heterocycles. The van der Waals surface area contributed by atoms with Crippen LogP contribution in [0.25, 0.3) is 0 Å². The fourth-order valence-electron chi connectivity index (χ4n) is 4.82. The predicted molar refractivity (Wildman–Crippen MR) is 84.0 cm³/mol. The molecule has 1 saturated heterocycles. The zero-order valence-corrected chi connectivity index (χ0v) is 13.9. The minimum absolute atomic E-state index is 0.187. The fraction of sp³-hybridized carbons (Fsp3) is 0.500. The Morgan fingerprint density at radius 3 is 2.42 bits per heavy atom. The first-order valence-corrected chi connectivity index (χ1v) is 7.98. The molecule has 24 heavy (non-hydrogen) atoms. The zero-order chi connectivity index (χ0) is 17.4. The van der Waals surface area contributed by atoms with Gasteiger partial charge in [0.1, 0.15) is 0 Å². The monoisotopic (exact) mass is 323 g/mol. The van der Waals surface area contributed by atoms with Crippen LogP contribution >= 0.6 is 0 Å². The summed E-state index contributed by atoms with van der Waals surface area (Å²) in [4.78, 5) is 2.98. The molecular formula is C18H19N4O2+. The summed E-state index contributed by atoms with van der Waals surface area (Å²) >= 11 is 0. The lowest BCUT2D eigenvalue weighted by molar-refractivity contribution is -0.679. The van der Waals surface area contributed by atoms with E-state index in [1.807, 2.05) is 45.0 Å². The summed E-state index contributed by atoms with van der Waals surface area (Å²) in [6, 6.07) is 12.5. The third-order valence-electron chi connectivity index (χ3n) is 6.05. The lowest BCUT2D eigenvalue weighted by Crippen LogP contribution is -2.90. The molecule has 0 unspecified atom stereocenters. The second-order valence-corrected chi connectivity index (χ2v) is 7.11. The molecule has 4 rings (SSSR count). The molecule has 6 nitrogen and oxygen atoms in total. The van der Waals surface area contributed by atoms with Crippen LogP contribution in [0.4, 0.5) is 0 Å². The van der Waals surface area contributed by atoms with Crippen molar-refractivity contribution in [2.45, 2.75) is 38.2 Å². The molecule has 3 N–H and O–H groups in total. The van der Waals surface area contributed by atoms with Crippen LogP contribution in [0.2, 0.25) is 0 Å². The van der Waals surface area contributed by atoms with Crippen LogP contribution in [0.3, 0.4) is 0 Å². The van der Waals surface area contributed by atoms with Crippen molar-refractivity contribution in [2.24, 2.45) is 16.6 Å². The van der Waals surface area contributed by atoms with E-state index >= 15 is 0 Å². The summed E-state index contributed by atoms with van der Waals surface area (Å²) in [7, 11) is 0. The Bertz CT molecular complexity index is 851. The van der Waals surface area contributed by atoms with E-state index in [2.05, 4.69) is 17.1 Å². The molecule has 6 heteroatoms. The highest BCUT2D eigenvalue weighted by Crippen LogP contribution is 2.82. The molecule has 0 radical (unpaired) electrons. The van der Waals surface area contributed by atoms with Crippen LogP contribution in [-0.4, -0.2) is 24.5 Å². The summed E-state index contributed by atoms with van der Waals surface area (Å²) in [5.41, 5.74) is 4.96. The number of nitrogens with two attached hydrogens (primary N) is 1. The zero-order valence-electron chi connectivity index (χ0n) is 13.9. The standard InChI is InChI=1S/C18H18N4O2/c1-11-4-6-13(7-5-11)15(3)16(9-19)14(21)22-18(17(15,16)10-20)23-8-12(2)24-18/h4-7,12H,8H2,1-3H3,(H2,21,22)/p+1/t12-,15-,16-,17+,18+/m0/s1. The number of hydrogen-bond donors (Lipinski definition) is 2. The van der Waals surface area contributed by atoms with Crippen LogP contribution < -0.4 is 10.7 Å².